The van der Waals surface area contributed by atoms with Crippen LogP contribution in [0.2, 0.25) is 0 Å². The molecule has 4 aromatic rings. The maximum absolute atomic E-state index is 13.7. The molecule has 0 aliphatic heterocycles. The van der Waals surface area contributed by atoms with Crippen LogP contribution in [0.15, 0.2) is 65.4 Å². The molecule has 180 valence electrons. The van der Waals surface area contributed by atoms with Crippen molar-refractivity contribution >= 4 is 5.78 Å². The van der Waals surface area contributed by atoms with Gasteiger partial charge < -0.3 is 19.8 Å². The molecule has 35 heavy (non-hydrogen) atoms. The summed E-state index contributed by atoms with van der Waals surface area (Å²) in [6.07, 6.45) is 6.99. The van der Waals surface area contributed by atoms with Crippen LogP contribution in [0.25, 0.3) is 16.9 Å². The molecular formula is C28H28N2O5. The van der Waals surface area contributed by atoms with Crippen LogP contribution in [0.3, 0.4) is 0 Å². The fourth-order valence-corrected chi connectivity index (χ4v) is 5.05. The van der Waals surface area contributed by atoms with E-state index in [0.717, 1.165) is 43.2 Å². The molecule has 2 aromatic carbocycles. The number of carbonyl (C=O) groups excluding carboxylic acids is 1. The summed E-state index contributed by atoms with van der Waals surface area (Å²) in [5.41, 5.74) is 4.37. The Morgan fingerprint density at radius 2 is 1.69 bits per heavy atom. The van der Waals surface area contributed by atoms with E-state index in [9.17, 15) is 15.0 Å². The van der Waals surface area contributed by atoms with Gasteiger partial charge in [-0.15, -0.1) is 0 Å². The van der Waals surface area contributed by atoms with Crippen molar-refractivity contribution in [2.75, 3.05) is 6.61 Å². The second-order valence-corrected chi connectivity index (χ2v) is 9.03. The van der Waals surface area contributed by atoms with E-state index in [1.807, 2.05) is 24.3 Å². The molecule has 0 amide bonds. The van der Waals surface area contributed by atoms with Gasteiger partial charge in [0, 0.05) is 41.1 Å². The van der Waals surface area contributed by atoms with Gasteiger partial charge in [0.2, 0.25) is 5.88 Å². The van der Waals surface area contributed by atoms with Crippen molar-refractivity contribution in [3.05, 3.63) is 83.2 Å². The van der Waals surface area contributed by atoms with E-state index in [2.05, 4.69) is 5.16 Å². The molecule has 5 rings (SSSR count). The highest BCUT2D eigenvalue weighted by molar-refractivity contribution is 6.12. The first kappa shape index (κ1) is 22.9. The van der Waals surface area contributed by atoms with Crippen LogP contribution in [0.1, 0.15) is 65.2 Å². The number of aromatic nitrogens is 2. The van der Waals surface area contributed by atoms with Crippen molar-refractivity contribution in [3.8, 4) is 28.6 Å². The van der Waals surface area contributed by atoms with Crippen LogP contribution in [0, 0.1) is 0 Å². The SMILES string of the molecule is O=C(c1ccc(CCO)cc1)c1c(O)c(O)n(-c2ccc(-c3ccon3)cc2)c1C1CCCCC1. The molecule has 3 N–H and O–H groups in total. The quantitative estimate of drug-likeness (QED) is 0.313. The fourth-order valence-electron chi connectivity index (χ4n) is 5.05. The highest BCUT2D eigenvalue weighted by atomic mass is 16.5. The third kappa shape index (κ3) is 4.35. The molecule has 0 atom stereocenters. The number of ketones is 1. The Bertz CT molecular complexity index is 1300. The van der Waals surface area contributed by atoms with E-state index >= 15 is 0 Å². The van der Waals surface area contributed by atoms with Crippen molar-refractivity contribution in [1.29, 1.82) is 0 Å². The van der Waals surface area contributed by atoms with Crippen molar-refractivity contribution in [3.63, 3.8) is 0 Å². The normalized spacial score (nSPS) is 14.3. The number of aliphatic hydroxyl groups is 1. The van der Waals surface area contributed by atoms with Gasteiger partial charge >= 0.3 is 0 Å². The van der Waals surface area contributed by atoms with E-state index < -0.39 is 5.75 Å². The van der Waals surface area contributed by atoms with Crippen LogP contribution in [0.5, 0.6) is 11.6 Å². The summed E-state index contributed by atoms with van der Waals surface area (Å²) in [6, 6.07) is 16.2. The van der Waals surface area contributed by atoms with Crippen LogP contribution in [-0.4, -0.2) is 37.4 Å². The molecule has 0 spiro atoms. The number of hydrogen-bond donors (Lipinski definition) is 3. The molecule has 1 aliphatic carbocycles. The summed E-state index contributed by atoms with van der Waals surface area (Å²) in [7, 11) is 0. The summed E-state index contributed by atoms with van der Waals surface area (Å²) < 4.78 is 6.55. The number of aromatic hydroxyl groups is 2. The predicted octanol–water partition coefficient (Wildman–Crippen LogP) is 5.36. The zero-order valence-electron chi connectivity index (χ0n) is 19.4. The van der Waals surface area contributed by atoms with Gasteiger partial charge in [0.25, 0.3) is 0 Å². The van der Waals surface area contributed by atoms with Gasteiger partial charge in [-0.05, 0) is 37.0 Å². The summed E-state index contributed by atoms with van der Waals surface area (Å²) >= 11 is 0. The first-order chi connectivity index (χ1) is 17.1. The molecule has 0 bridgehead atoms. The van der Waals surface area contributed by atoms with Crippen molar-refractivity contribution < 1.29 is 24.6 Å². The maximum Gasteiger partial charge on any atom is 0.240 e. The lowest BCUT2D eigenvalue weighted by molar-refractivity contribution is 0.103. The molecule has 2 aromatic heterocycles. The minimum atomic E-state index is -0.393. The highest BCUT2D eigenvalue weighted by Gasteiger charge is 2.33. The Morgan fingerprint density at radius 3 is 2.31 bits per heavy atom. The van der Waals surface area contributed by atoms with Gasteiger partial charge in [-0.25, -0.2) is 0 Å². The maximum atomic E-state index is 13.7. The summed E-state index contributed by atoms with van der Waals surface area (Å²) in [5.74, 6) is -1.01. The average molecular weight is 473 g/mol. The Morgan fingerprint density at radius 1 is 0.971 bits per heavy atom. The van der Waals surface area contributed by atoms with E-state index in [1.165, 1.54) is 6.26 Å². The van der Waals surface area contributed by atoms with Gasteiger partial charge in [-0.3, -0.25) is 9.36 Å². The molecule has 0 radical (unpaired) electrons. The molecule has 1 aliphatic rings. The second-order valence-electron chi connectivity index (χ2n) is 9.03. The molecule has 1 saturated carbocycles. The van der Waals surface area contributed by atoms with Gasteiger partial charge in [0.05, 0.1) is 5.56 Å². The number of rotatable bonds is 7. The Kier molecular flexibility index (Phi) is 6.42. The summed E-state index contributed by atoms with van der Waals surface area (Å²) in [6.45, 7) is 0.0338. The van der Waals surface area contributed by atoms with E-state index in [-0.39, 0.29) is 29.8 Å². The van der Waals surface area contributed by atoms with Crippen LogP contribution < -0.4 is 0 Å². The van der Waals surface area contributed by atoms with Gasteiger partial charge in [-0.2, -0.15) is 0 Å². The number of hydrogen-bond acceptors (Lipinski definition) is 6. The lowest BCUT2D eigenvalue weighted by Crippen LogP contribution is -2.14. The Labute approximate surface area is 203 Å². The minimum Gasteiger partial charge on any atom is -0.503 e. The average Bonchev–Trinajstić information content (AvgIpc) is 3.52. The molecule has 7 heteroatoms. The smallest absolute Gasteiger partial charge is 0.240 e. The van der Waals surface area contributed by atoms with Crippen molar-refractivity contribution in [1.82, 2.24) is 9.72 Å². The third-order valence-corrected chi connectivity index (χ3v) is 6.85. The first-order valence-corrected chi connectivity index (χ1v) is 12.0. The lowest BCUT2D eigenvalue weighted by Gasteiger charge is -2.25. The number of nitrogens with zero attached hydrogens (tertiary/aromatic N) is 2. The van der Waals surface area contributed by atoms with Crippen LogP contribution in [-0.2, 0) is 6.42 Å². The lowest BCUT2D eigenvalue weighted by atomic mass is 9.84. The second kappa shape index (κ2) is 9.80. The molecule has 2 heterocycles. The Hall–Kier alpha value is -3.84. The highest BCUT2D eigenvalue weighted by Crippen LogP contribution is 2.46. The van der Waals surface area contributed by atoms with Crippen molar-refractivity contribution in [2.45, 2.75) is 44.4 Å². The topological polar surface area (TPSA) is 109 Å². The Balaban J connectivity index is 1.61. The zero-order chi connectivity index (χ0) is 24.4. The molecule has 0 unspecified atom stereocenters. The fraction of sp³-hybridized carbons (Fsp3) is 0.286. The number of carbonyl (C=O) groups is 1. The largest absolute Gasteiger partial charge is 0.503 e. The molecular weight excluding hydrogens is 444 g/mol. The van der Waals surface area contributed by atoms with Gasteiger partial charge in [0.15, 0.2) is 11.5 Å². The zero-order valence-corrected chi connectivity index (χ0v) is 19.4. The molecule has 0 saturated heterocycles. The van der Waals surface area contributed by atoms with Gasteiger partial charge in [0.1, 0.15) is 12.0 Å². The van der Waals surface area contributed by atoms with Gasteiger partial charge in [-0.1, -0.05) is 60.8 Å². The predicted molar refractivity (Wildman–Crippen MR) is 131 cm³/mol. The van der Waals surface area contributed by atoms with Crippen LogP contribution in [0.4, 0.5) is 0 Å². The van der Waals surface area contributed by atoms with E-state index in [1.54, 1.807) is 34.9 Å². The van der Waals surface area contributed by atoms with E-state index in [0.29, 0.717) is 29.1 Å². The molecule has 1 fully saturated rings. The monoisotopic (exact) mass is 472 g/mol. The van der Waals surface area contributed by atoms with Crippen molar-refractivity contribution in [2.24, 2.45) is 0 Å². The van der Waals surface area contributed by atoms with Crippen LogP contribution >= 0.6 is 0 Å². The number of benzene rings is 2. The number of aliphatic hydroxyl groups excluding tert-OH is 1. The molecule has 7 nitrogen and oxygen atoms in total. The summed E-state index contributed by atoms with van der Waals surface area (Å²) in [5, 5.41) is 35.2. The first-order valence-electron chi connectivity index (χ1n) is 12.0. The third-order valence-electron chi connectivity index (χ3n) is 6.85. The summed E-state index contributed by atoms with van der Waals surface area (Å²) in [4.78, 5) is 13.7. The standard InChI is InChI=1S/C28H28N2O5/c31-16-14-18-6-8-21(9-7-18)26(32)24-25(20-4-2-1-3-5-20)30(28(34)27(24)33)22-12-10-19(11-13-22)23-15-17-35-29-23/h6-13,15,17,20,31,33-34H,1-5,14,16H2. The minimum absolute atomic E-state index is 0.0338. The van der Waals surface area contributed by atoms with E-state index in [4.69, 9.17) is 9.63 Å².